The Balaban J connectivity index is 1.63. The van der Waals surface area contributed by atoms with Gasteiger partial charge in [0.05, 0.1) is 5.56 Å². The number of aryl methyl sites for hydroxylation is 1. The molecule has 0 spiro atoms. The van der Waals surface area contributed by atoms with E-state index in [9.17, 15) is 14.7 Å². The number of carbonyl (C=O) groups is 2. The molecule has 23 heavy (non-hydrogen) atoms. The standard InChI is InChI=1S/C16H13NO5S/c18-14(8-4-5-10-11(6-8)22-7-21-10)17-15-13(16(19)20)9-2-1-3-12(9)23-15/h4-6H,1-3,7H2,(H,17,18)(H,19,20). The van der Waals surface area contributed by atoms with Gasteiger partial charge in [-0.2, -0.15) is 0 Å². The van der Waals surface area contributed by atoms with E-state index in [1.807, 2.05) is 0 Å². The number of amides is 1. The second-order valence-corrected chi connectivity index (χ2v) is 6.49. The minimum Gasteiger partial charge on any atom is -0.478 e. The van der Waals surface area contributed by atoms with Crippen molar-refractivity contribution in [3.63, 3.8) is 0 Å². The molecule has 0 unspecified atom stereocenters. The molecule has 7 heteroatoms. The summed E-state index contributed by atoms with van der Waals surface area (Å²) in [4.78, 5) is 25.0. The Labute approximate surface area is 135 Å². The maximum atomic E-state index is 12.4. The van der Waals surface area contributed by atoms with Gasteiger partial charge >= 0.3 is 5.97 Å². The molecule has 1 aromatic heterocycles. The predicted molar refractivity (Wildman–Crippen MR) is 83.8 cm³/mol. The normalized spacial score (nSPS) is 14.6. The zero-order valence-electron chi connectivity index (χ0n) is 12.0. The fraction of sp³-hybridized carbons (Fsp3) is 0.250. The summed E-state index contributed by atoms with van der Waals surface area (Å²) in [5.74, 6) is -0.233. The van der Waals surface area contributed by atoms with Gasteiger partial charge in [0.25, 0.3) is 5.91 Å². The Morgan fingerprint density at radius 3 is 2.83 bits per heavy atom. The van der Waals surface area contributed by atoms with Crippen LogP contribution in [-0.2, 0) is 12.8 Å². The lowest BCUT2D eigenvalue weighted by Crippen LogP contribution is -2.13. The molecule has 4 rings (SSSR count). The van der Waals surface area contributed by atoms with Crippen molar-refractivity contribution in [1.29, 1.82) is 0 Å². The Morgan fingerprint density at radius 1 is 1.17 bits per heavy atom. The van der Waals surface area contributed by atoms with E-state index in [0.717, 1.165) is 29.7 Å². The second-order valence-electron chi connectivity index (χ2n) is 5.39. The van der Waals surface area contributed by atoms with Crippen LogP contribution < -0.4 is 14.8 Å². The number of anilines is 1. The van der Waals surface area contributed by atoms with Crippen molar-refractivity contribution in [1.82, 2.24) is 0 Å². The zero-order valence-corrected chi connectivity index (χ0v) is 12.9. The molecule has 2 N–H and O–H groups in total. The van der Waals surface area contributed by atoms with Gasteiger partial charge in [-0.3, -0.25) is 4.79 Å². The molecule has 6 nitrogen and oxygen atoms in total. The number of carboxylic acids is 1. The summed E-state index contributed by atoms with van der Waals surface area (Å²) in [6.07, 6.45) is 2.60. The first kappa shape index (κ1) is 14.1. The van der Waals surface area contributed by atoms with Crippen molar-refractivity contribution in [3.8, 4) is 11.5 Å². The fourth-order valence-corrected chi connectivity index (χ4v) is 4.21. The van der Waals surface area contributed by atoms with Gasteiger partial charge in [0.1, 0.15) is 5.00 Å². The number of rotatable bonds is 3. The molecule has 0 saturated heterocycles. The van der Waals surface area contributed by atoms with E-state index in [1.54, 1.807) is 18.2 Å². The summed E-state index contributed by atoms with van der Waals surface area (Å²) >= 11 is 1.36. The number of nitrogens with one attached hydrogen (secondary N) is 1. The van der Waals surface area contributed by atoms with Gasteiger partial charge < -0.3 is 19.9 Å². The lowest BCUT2D eigenvalue weighted by molar-refractivity contribution is 0.0697. The van der Waals surface area contributed by atoms with Crippen molar-refractivity contribution in [2.45, 2.75) is 19.3 Å². The zero-order chi connectivity index (χ0) is 16.0. The van der Waals surface area contributed by atoms with Crippen LogP contribution in [0.1, 0.15) is 37.6 Å². The second kappa shape index (κ2) is 5.27. The van der Waals surface area contributed by atoms with Gasteiger partial charge in [-0.1, -0.05) is 0 Å². The maximum Gasteiger partial charge on any atom is 0.339 e. The van der Waals surface area contributed by atoms with E-state index in [2.05, 4.69) is 5.32 Å². The van der Waals surface area contributed by atoms with Crippen molar-refractivity contribution >= 4 is 28.2 Å². The van der Waals surface area contributed by atoms with Gasteiger partial charge in [0.2, 0.25) is 6.79 Å². The van der Waals surface area contributed by atoms with E-state index in [1.165, 1.54) is 11.3 Å². The van der Waals surface area contributed by atoms with E-state index in [4.69, 9.17) is 9.47 Å². The third-order valence-corrected chi connectivity index (χ3v) is 5.20. The molecule has 0 bridgehead atoms. The summed E-state index contributed by atoms with van der Waals surface area (Å²) in [7, 11) is 0. The molecular weight excluding hydrogens is 318 g/mol. The molecule has 0 saturated carbocycles. The average Bonchev–Trinajstić information content (AvgIpc) is 3.20. The number of fused-ring (bicyclic) bond motifs is 2. The van der Waals surface area contributed by atoms with Crippen LogP contribution in [0.15, 0.2) is 18.2 Å². The number of hydrogen-bond acceptors (Lipinski definition) is 5. The van der Waals surface area contributed by atoms with Crippen molar-refractivity contribution in [2.24, 2.45) is 0 Å². The van der Waals surface area contributed by atoms with E-state index >= 15 is 0 Å². The fourth-order valence-electron chi connectivity index (χ4n) is 2.93. The largest absolute Gasteiger partial charge is 0.478 e. The van der Waals surface area contributed by atoms with Gasteiger partial charge in [-0.25, -0.2) is 4.79 Å². The number of carbonyl (C=O) groups excluding carboxylic acids is 1. The van der Waals surface area contributed by atoms with Crippen LogP contribution in [0.25, 0.3) is 0 Å². The van der Waals surface area contributed by atoms with Crippen LogP contribution in [0.4, 0.5) is 5.00 Å². The van der Waals surface area contributed by atoms with Gasteiger partial charge in [-0.05, 0) is 43.0 Å². The Bertz CT molecular complexity index is 826. The SMILES string of the molecule is O=C(Nc1sc2c(c1C(=O)O)CCC2)c1ccc2c(c1)OCO2. The number of ether oxygens (including phenoxy) is 2. The Kier molecular flexibility index (Phi) is 3.23. The quantitative estimate of drug-likeness (QED) is 0.903. The van der Waals surface area contributed by atoms with Crippen molar-refractivity contribution in [3.05, 3.63) is 39.8 Å². The van der Waals surface area contributed by atoms with Gasteiger partial charge in [0.15, 0.2) is 11.5 Å². The van der Waals surface area contributed by atoms with Crippen LogP contribution >= 0.6 is 11.3 Å². The van der Waals surface area contributed by atoms with Crippen molar-refractivity contribution in [2.75, 3.05) is 12.1 Å². The van der Waals surface area contributed by atoms with Crippen LogP contribution in [-0.4, -0.2) is 23.8 Å². The third kappa shape index (κ3) is 2.33. The minimum absolute atomic E-state index is 0.140. The molecule has 0 atom stereocenters. The highest BCUT2D eigenvalue weighted by atomic mass is 32.1. The lowest BCUT2D eigenvalue weighted by atomic mass is 10.1. The molecular formula is C16H13NO5S. The highest BCUT2D eigenvalue weighted by Crippen LogP contribution is 2.39. The third-order valence-electron chi connectivity index (χ3n) is 4.00. The predicted octanol–water partition coefficient (Wildman–Crippen LogP) is 2.92. The van der Waals surface area contributed by atoms with Gasteiger partial charge in [-0.15, -0.1) is 11.3 Å². The van der Waals surface area contributed by atoms with Crippen LogP contribution in [0.2, 0.25) is 0 Å². The lowest BCUT2D eigenvalue weighted by Gasteiger charge is -2.06. The Morgan fingerprint density at radius 2 is 2.00 bits per heavy atom. The number of aromatic carboxylic acids is 1. The monoisotopic (exact) mass is 331 g/mol. The molecule has 1 aliphatic carbocycles. The molecule has 1 aromatic carbocycles. The topological polar surface area (TPSA) is 84.9 Å². The molecule has 118 valence electrons. The smallest absolute Gasteiger partial charge is 0.339 e. The Hall–Kier alpha value is -2.54. The maximum absolute atomic E-state index is 12.4. The van der Waals surface area contributed by atoms with Gasteiger partial charge in [0, 0.05) is 10.4 Å². The highest BCUT2D eigenvalue weighted by molar-refractivity contribution is 7.17. The number of hydrogen-bond donors (Lipinski definition) is 2. The summed E-state index contributed by atoms with van der Waals surface area (Å²) in [5, 5.41) is 12.6. The van der Waals surface area contributed by atoms with Crippen LogP contribution in [0, 0.1) is 0 Å². The van der Waals surface area contributed by atoms with Crippen molar-refractivity contribution < 1.29 is 24.2 Å². The van der Waals surface area contributed by atoms with E-state index in [-0.39, 0.29) is 18.3 Å². The first-order valence-corrected chi connectivity index (χ1v) is 8.04. The molecule has 0 fully saturated rings. The number of carboxylic acid groups (broad SMARTS) is 1. The molecule has 2 aromatic rings. The first-order chi connectivity index (χ1) is 11.1. The number of benzene rings is 1. The molecule has 0 radical (unpaired) electrons. The molecule has 1 amide bonds. The summed E-state index contributed by atoms with van der Waals surface area (Å²) < 4.78 is 10.5. The van der Waals surface area contributed by atoms with E-state index < -0.39 is 5.97 Å². The molecule has 2 heterocycles. The van der Waals surface area contributed by atoms with Crippen LogP contribution in [0.3, 0.4) is 0 Å². The van der Waals surface area contributed by atoms with E-state index in [0.29, 0.717) is 22.1 Å². The van der Waals surface area contributed by atoms with Crippen LogP contribution in [0.5, 0.6) is 11.5 Å². The average molecular weight is 331 g/mol. The molecule has 1 aliphatic heterocycles. The summed E-state index contributed by atoms with van der Waals surface area (Å²) in [5.41, 5.74) is 1.50. The highest BCUT2D eigenvalue weighted by Gasteiger charge is 2.27. The minimum atomic E-state index is -0.995. The summed E-state index contributed by atoms with van der Waals surface area (Å²) in [6.45, 7) is 0.140. The summed E-state index contributed by atoms with van der Waals surface area (Å²) in [6, 6.07) is 4.90. The molecule has 2 aliphatic rings. The number of thiophene rings is 1. The first-order valence-electron chi connectivity index (χ1n) is 7.22.